The lowest BCUT2D eigenvalue weighted by Gasteiger charge is -2.56. The fourth-order valence-corrected chi connectivity index (χ4v) is 8.82. The lowest BCUT2D eigenvalue weighted by molar-refractivity contribution is -0.171. The van der Waals surface area contributed by atoms with Crippen molar-refractivity contribution >= 4 is 24.1 Å². The van der Waals surface area contributed by atoms with Gasteiger partial charge in [-0.1, -0.05) is 17.7 Å². The van der Waals surface area contributed by atoms with Gasteiger partial charge >= 0.3 is 0 Å². The van der Waals surface area contributed by atoms with E-state index in [9.17, 15) is 24.6 Å². The van der Waals surface area contributed by atoms with Crippen LogP contribution in [0, 0.1) is 11.8 Å². The number of carbonyl (C=O) groups is 3. The van der Waals surface area contributed by atoms with Gasteiger partial charge in [-0.3, -0.25) is 14.4 Å². The number of aliphatic hydroxyl groups excluding tert-OH is 1. The Morgan fingerprint density at radius 2 is 1.77 bits per heavy atom. The maximum atomic E-state index is 14.8. The molecule has 10 heteroatoms. The normalized spacial score (nSPS) is 35.0. The van der Waals surface area contributed by atoms with Crippen LogP contribution in [0.5, 0.6) is 17.2 Å². The van der Waals surface area contributed by atoms with Crippen molar-refractivity contribution in [3.05, 3.63) is 57.9 Å². The smallest absolute Gasteiger partial charge is 0.298 e. The first-order valence-corrected chi connectivity index (χ1v) is 16.7. The van der Waals surface area contributed by atoms with Gasteiger partial charge in [0.2, 0.25) is 0 Å². The van der Waals surface area contributed by atoms with Gasteiger partial charge in [-0.2, -0.15) is 0 Å². The van der Waals surface area contributed by atoms with Crippen LogP contribution in [0.4, 0.5) is 0 Å². The molecule has 10 nitrogen and oxygen atoms in total. The summed E-state index contributed by atoms with van der Waals surface area (Å²) in [6, 6.07) is 0. The molecule has 1 saturated carbocycles. The number of benzene rings is 1. The number of fused-ring (bicyclic) bond motifs is 2. The largest absolute Gasteiger partial charge is 0.506 e. The summed E-state index contributed by atoms with van der Waals surface area (Å²) in [6.07, 6.45) is 8.76. The second kappa shape index (κ2) is 10.4. The number of phenolic OH excluding ortho intramolecular Hbond substituents is 1. The van der Waals surface area contributed by atoms with Gasteiger partial charge in [-0.15, -0.1) is 0 Å². The number of aliphatic hydroxyl groups is 1. The van der Waals surface area contributed by atoms with Gasteiger partial charge in [-0.05, 0) is 92.9 Å². The van der Waals surface area contributed by atoms with Gasteiger partial charge in [-0.25, -0.2) is 0 Å². The average molecular weight is 661 g/mol. The fourth-order valence-electron chi connectivity index (χ4n) is 8.82. The van der Waals surface area contributed by atoms with Crippen LogP contribution in [0.15, 0.2) is 41.2 Å². The Labute approximate surface area is 280 Å². The van der Waals surface area contributed by atoms with E-state index >= 15 is 0 Å². The zero-order valence-corrected chi connectivity index (χ0v) is 28.8. The number of ether oxygens (including phenoxy) is 5. The van der Waals surface area contributed by atoms with Gasteiger partial charge in [0.1, 0.15) is 46.4 Å². The Morgan fingerprint density at radius 3 is 2.42 bits per heavy atom. The Hall–Kier alpha value is -3.73. The van der Waals surface area contributed by atoms with E-state index in [1.54, 1.807) is 25.2 Å². The van der Waals surface area contributed by atoms with E-state index in [0.29, 0.717) is 19.3 Å². The molecular formula is C38H44O10. The molecule has 4 aliphatic heterocycles. The summed E-state index contributed by atoms with van der Waals surface area (Å²) in [5.41, 5.74) is -3.84. The third-order valence-electron chi connectivity index (χ3n) is 11.2. The molecule has 48 heavy (non-hydrogen) atoms. The molecule has 3 aliphatic carbocycles. The summed E-state index contributed by atoms with van der Waals surface area (Å²) < 4.78 is 31.5. The highest BCUT2D eigenvalue weighted by Crippen LogP contribution is 2.69. The summed E-state index contributed by atoms with van der Waals surface area (Å²) in [4.78, 5) is 40.3. The van der Waals surface area contributed by atoms with Gasteiger partial charge < -0.3 is 33.9 Å². The van der Waals surface area contributed by atoms with Crippen molar-refractivity contribution in [2.24, 2.45) is 11.8 Å². The molecule has 0 aromatic heterocycles. The van der Waals surface area contributed by atoms with Gasteiger partial charge in [0.15, 0.2) is 22.8 Å². The molecule has 1 aromatic rings. The van der Waals surface area contributed by atoms with Crippen LogP contribution in [-0.2, 0) is 23.8 Å². The number of epoxide rings is 1. The Bertz CT molecular complexity index is 1770. The number of carbonyl (C=O) groups excluding carboxylic acids is 3. The molecule has 2 saturated heterocycles. The first-order valence-electron chi connectivity index (χ1n) is 16.7. The highest BCUT2D eigenvalue weighted by molar-refractivity contribution is 6.19. The first kappa shape index (κ1) is 32.8. The van der Waals surface area contributed by atoms with Crippen LogP contribution in [0.2, 0.25) is 0 Å². The fraction of sp³-hybridized carbons (Fsp3) is 0.553. The summed E-state index contributed by atoms with van der Waals surface area (Å²) in [6.45, 7) is 15.4. The number of phenols is 1. The molecule has 4 unspecified atom stereocenters. The van der Waals surface area contributed by atoms with E-state index in [1.807, 2.05) is 54.5 Å². The third-order valence-corrected chi connectivity index (χ3v) is 11.2. The van der Waals surface area contributed by atoms with Gasteiger partial charge in [0, 0.05) is 23.8 Å². The number of aromatic hydroxyl groups is 1. The minimum atomic E-state index is -1.66. The van der Waals surface area contributed by atoms with Gasteiger partial charge in [0.05, 0.1) is 22.3 Å². The molecule has 8 rings (SSSR count). The van der Waals surface area contributed by atoms with E-state index in [2.05, 4.69) is 6.08 Å². The maximum Gasteiger partial charge on any atom is 0.298 e. The monoisotopic (exact) mass is 660 g/mol. The van der Waals surface area contributed by atoms with Crippen LogP contribution in [-0.4, -0.2) is 62.4 Å². The Morgan fingerprint density at radius 1 is 1.06 bits per heavy atom. The molecule has 4 heterocycles. The highest BCUT2D eigenvalue weighted by Gasteiger charge is 2.81. The van der Waals surface area contributed by atoms with Crippen LogP contribution in [0.1, 0.15) is 109 Å². The van der Waals surface area contributed by atoms with Crippen molar-refractivity contribution in [1.82, 2.24) is 0 Å². The minimum absolute atomic E-state index is 0.0306. The quantitative estimate of drug-likeness (QED) is 0.141. The molecule has 256 valence electrons. The number of rotatable bonds is 9. The summed E-state index contributed by atoms with van der Waals surface area (Å²) >= 11 is 0. The second-order valence-electron chi connectivity index (χ2n) is 15.6. The predicted molar refractivity (Wildman–Crippen MR) is 175 cm³/mol. The van der Waals surface area contributed by atoms with E-state index in [1.165, 1.54) is 5.57 Å². The second-order valence-corrected chi connectivity index (χ2v) is 15.6. The maximum absolute atomic E-state index is 14.8. The van der Waals surface area contributed by atoms with Crippen molar-refractivity contribution in [3.63, 3.8) is 0 Å². The summed E-state index contributed by atoms with van der Waals surface area (Å²) in [5.74, 6) is -1.67. The number of hydrogen-bond donors (Lipinski definition) is 2. The van der Waals surface area contributed by atoms with Crippen LogP contribution in [0.3, 0.4) is 0 Å². The standard InChI is InChI=1S/C38H44O10/c1-19(2)10-9-13-36(8)14-12-22-27(40)25-28(41)23-16-21-17-24-34(4,5)48-37(32(21)43,15-11-20(3)44-18-39)38(23,24)46-31(25)26(30(22)45-36)29(42)33-35(6,7)47-33/h10-12,14,16,18,21,24,29,33,40,42H,9,13,15,17H2,1-8H3/b20-11-/t21?,24?,29?,33?,36-,37-,38-/m1/s1. The molecule has 3 fully saturated rings. The topological polar surface area (TPSA) is 141 Å². The van der Waals surface area contributed by atoms with Gasteiger partial charge in [0.25, 0.3) is 6.47 Å². The van der Waals surface area contributed by atoms with Crippen molar-refractivity contribution in [2.75, 3.05) is 0 Å². The van der Waals surface area contributed by atoms with Crippen molar-refractivity contribution in [3.8, 4) is 17.2 Å². The Kier molecular flexibility index (Phi) is 7.10. The zero-order chi connectivity index (χ0) is 34.8. The number of hydrogen-bond acceptors (Lipinski definition) is 10. The minimum Gasteiger partial charge on any atom is -0.506 e. The summed E-state index contributed by atoms with van der Waals surface area (Å²) in [5, 5.41) is 23.9. The van der Waals surface area contributed by atoms with E-state index in [4.69, 9.17) is 23.7 Å². The molecule has 0 amide bonds. The lowest BCUT2D eigenvalue weighted by atomic mass is 9.51. The molecule has 1 spiro atoms. The van der Waals surface area contributed by atoms with Crippen molar-refractivity contribution in [1.29, 1.82) is 0 Å². The number of Topliss-reactive ketones (excluding diaryl/α,β-unsaturated/α-hetero) is 2. The van der Waals surface area contributed by atoms with E-state index < -0.39 is 57.8 Å². The Balaban J connectivity index is 1.46. The molecule has 2 N–H and O–H groups in total. The zero-order valence-electron chi connectivity index (χ0n) is 28.8. The number of ketones is 2. The molecule has 7 aliphatic rings. The molecule has 0 radical (unpaired) electrons. The SMILES string of the molecule is CC(C)=CCC[C@]1(C)C=Cc2c(O)c3c(c(C(O)C4OC4(C)C)c2O1)O[C@]12C(=CC4CC1C(C)(C)O[C@]2(C/C=C(/C)OC=O)C4=O)C3=O. The first-order chi connectivity index (χ1) is 22.4. The van der Waals surface area contributed by atoms with Crippen LogP contribution < -0.4 is 9.47 Å². The average Bonchev–Trinajstić information content (AvgIpc) is 3.60. The van der Waals surface area contributed by atoms with Crippen LogP contribution in [0.25, 0.3) is 6.08 Å². The highest BCUT2D eigenvalue weighted by atomic mass is 16.6. The number of allylic oxidation sites excluding steroid dienone is 4. The predicted octanol–water partition coefficient (Wildman–Crippen LogP) is 5.99. The van der Waals surface area contributed by atoms with Crippen molar-refractivity contribution < 1.29 is 48.3 Å². The molecule has 7 atom stereocenters. The van der Waals surface area contributed by atoms with E-state index in [-0.39, 0.29) is 57.5 Å². The molecular weight excluding hydrogens is 616 g/mol. The summed E-state index contributed by atoms with van der Waals surface area (Å²) in [7, 11) is 0. The van der Waals surface area contributed by atoms with E-state index in [0.717, 1.165) is 6.42 Å². The third kappa shape index (κ3) is 4.38. The molecule has 1 aromatic carbocycles. The van der Waals surface area contributed by atoms with Crippen molar-refractivity contribution in [2.45, 2.75) is 121 Å². The lowest BCUT2D eigenvalue weighted by Crippen LogP contribution is -2.72. The van der Waals surface area contributed by atoms with Crippen LogP contribution >= 0.6 is 0 Å². The molecule has 4 bridgehead atoms.